The molecule has 18 heavy (non-hydrogen) atoms. The lowest BCUT2D eigenvalue weighted by molar-refractivity contribution is -0.137. The number of Topliss-reactive ketones (excluding diaryl/α,β-unsaturated/α-hetero) is 1. The van der Waals surface area contributed by atoms with Gasteiger partial charge in [0.2, 0.25) is 0 Å². The third-order valence-electron chi connectivity index (χ3n) is 3.69. The van der Waals surface area contributed by atoms with Gasteiger partial charge in [-0.1, -0.05) is 18.2 Å². The minimum atomic E-state index is -0.331. The SMILES string of the molecule is C=C1C(=O)OC2C=C(C)C(=O)CC=C(C)CCC12. The van der Waals surface area contributed by atoms with Crippen LogP contribution in [0.3, 0.4) is 0 Å². The number of ketones is 1. The highest BCUT2D eigenvalue weighted by atomic mass is 16.5. The van der Waals surface area contributed by atoms with Crippen LogP contribution in [0.25, 0.3) is 0 Å². The maximum atomic E-state index is 11.9. The molecule has 0 radical (unpaired) electrons. The zero-order valence-corrected chi connectivity index (χ0v) is 10.9. The van der Waals surface area contributed by atoms with Gasteiger partial charge in [0.1, 0.15) is 6.10 Å². The number of ether oxygens (including phenoxy) is 1. The Labute approximate surface area is 107 Å². The molecule has 1 heterocycles. The standard InChI is InChI=1S/C15H18O3/c1-9-4-6-12-11(3)15(17)18-14(12)8-10(2)13(16)7-5-9/h5,8,12,14H,3-4,6-7H2,1-2H3. The van der Waals surface area contributed by atoms with E-state index in [9.17, 15) is 9.59 Å². The van der Waals surface area contributed by atoms with Crippen molar-refractivity contribution in [1.82, 2.24) is 0 Å². The fraction of sp³-hybridized carbons (Fsp3) is 0.467. The second kappa shape index (κ2) is 4.92. The summed E-state index contributed by atoms with van der Waals surface area (Å²) in [6, 6.07) is 0. The summed E-state index contributed by atoms with van der Waals surface area (Å²) in [5, 5.41) is 0. The molecule has 2 rings (SSSR count). The second-order valence-corrected chi connectivity index (χ2v) is 5.07. The molecular weight excluding hydrogens is 228 g/mol. The van der Waals surface area contributed by atoms with Crippen molar-refractivity contribution in [3.8, 4) is 0 Å². The fourth-order valence-electron chi connectivity index (χ4n) is 2.37. The summed E-state index contributed by atoms with van der Waals surface area (Å²) in [5.41, 5.74) is 2.38. The van der Waals surface area contributed by atoms with E-state index in [0.717, 1.165) is 12.8 Å². The Hall–Kier alpha value is -1.64. The molecule has 2 unspecified atom stereocenters. The van der Waals surface area contributed by atoms with Gasteiger partial charge < -0.3 is 4.74 Å². The van der Waals surface area contributed by atoms with Crippen LogP contribution in [0, 0.1) is 5.92 Å². The molecule has 0 saturated carbocycles. The molecule has 0 aromatic heterocycles. The molecule has 0 aromatic carbocycles. The van der Waals surface area contributed by atoms with Gasteiger partial charge in [0.25, 0.3) is 0 Å². The van der Waals surface area contributed by atoms with Crippen LogP contribution < -0.4 is 0 Å². The highest BCUT2D eigenvalue weighted by molar-refractivity contribution is 5.96. The summed E-state index contributed by atoms with van der Waals surface area (Å²) in [6.45, 7) is 7.60. The lowest BCUT2D eigenvalue weighted by Crippen LogP contribution is -2.16. The summed E-state index contributed by atoms with van der Waals surface area (Å²) in [5.74, 6) is -0.243. The average Bonchev–Trinajstić information content (AvgIpc) is 2.59. The van der Waals surface area contributed by atoms with Crippen molar-refractivity contribution in [3.05, 3.63) is 35.5 Å². The summed E-state index contributed by atoms with van der Waals surface area (Å²) < 4.78 is 5.28. The van der Waals surface area contributed by atoms with Crippen molar-refractivity contribution in [3.63, 3.8) is 0 Å². The van der Waals surface area contributed by atoms with E-state index >= 15 is 0 Å². The predicted molar refractivity (Wildman–Crippen MR) is 68.9 cm³/mol. The van der Waals surface area contributed by atoms with Gasteiger partial charge in [-0.05, 0) is 38.3 Å². The van der Waals surface area contributed by atoms with Crippen LogP contribution >= 0.6 is 0 Å². The number of esters is 1. The van der Waals surface area contributed by atoms with Gasteiger partial charge >= 0.3 is 5.97 Å². The number of carbonyl (C=O) groups excluding carboxylic acids is 2. The van der Waals surface area contributed by atoms with Crippen LogP contribution in [0.2, 0.25) is 0 Å². The molecule has 3 nitrogen and oxygen atoms in total. The van der Waals surface area contributed by atoms with E-state index in [4.69, 9.17) is 4.74 Å². The molecule has 2 aliphatic rings. The number of carbonyl (C=O) groups is 2. The zero-order chi connectivity index (χ0) is 13.3. The monoisotopic (exact) mass is 246 g/mol. The van der Waals surface area contributed by atoms with E-state index in [0.29, 0.717) is 17.6 Å². The van der Waals surface area contributed by atoms with Gasteiger partial charge in [-0.15, -0.1) is 0 Å². The molecule has 0 N–H and O–H groups in total. The second-order valence-electron chi connectivity index (χ2n) is 5.07. The smallest absolute Gasteiger partial charge is 0.334 e. The van der Waals surface area contributed by atoms with E-state index in [1.54, 1.807) is 13.0 Å². The average molecular weight is 246 g/mol. The Balaban J connectivity index is 2.32. The van der Waals surface area contributed by atoms with Crippen molar-refractivity contribution in [2.45, 2.75) is 39.2 Å². The number of hydrogen-bond donors (Lipinski definition) is 0. The summed E-state index contributed by atoms with van der Waals surface area (Å²) >= 11 is 0. The third kappa shape index (κ3) is 2.45. The first kappa shape index (κ1) is 12.8. The van der Waals surface area contributed by atoms with Gasteiger partial charge in [0.15, 0.2) is 5.78 Å². The minimum Gasteiger partial charge on any atom is -0.454 e. The van der Waals surface area contributed by atoms with E-state index in [1.165, 1.54) is 5.57 Å². The predicted octanol–water partition coefficient (Wildman–Crippen LogP) is 2.73. The first-order valence-corrected chi connectivity index (χ1v) is 6.26. The van der Waals surface area contributed by atoms with Crippen LogP contribution in [0.15, 0.2) is 35.5 Å². The first-order valence-electron chi connectivity index (χ1n) is 6.26. The Kier molecular flexibility index (Phi) is 3.50. The van der Waals surface area contributed by atoms with Crippen LogP contribution in [0.4, 0.5) is 0 Å². The molecule has 0 spiro atoms. The molecular formula is C15H18O3. The lowest BCUT2D eigenvalue weighted by Gasteiger charge is -2.16. The lowest BCUT2D eigenvalue weighted by atomic mass is 9.88. The molecule has 0 amide bonds. The summed E-state index contributed by atoms with van der Waals surface area (Å²) in [7, 11) is 0. The van der Waals surface area contributed by atoms with E-state index in [-0.39, 0.29) is 23.8 Å². The summed E-state index contributed by atoms with van der Waals surface area (Å²) in [6.07, 6.45) is 5.57. The molecule has 96 valence electrons. The highest BCUT2D eigenvalue weighted by Gasteiger charge is 2.37. The number of rotatable bonds is 0. The molecule has 1 fully saturated rings. The van der Waals surface area contributed by atoms with E-state index in [2.05, 4.69) is 6.58 Å². The topological polar surface area (TPSA) is 43.4 Å². The van der Waals surface area contributed by atoms with Gasteiger partial charge in [0.05, 0.1) is 0 Å². The molecule has 1 aliphatic carbocycles. The third-order valence-corrected chi connectivity index (χ3v) is 3.69. The molecule has 0 bridgehead atoms. The summed E-state index contributed by atoms with van der Waals surface area (Å²) in [4.78, 5) is 23.4. The normalized spacial score (nSPS) is 29.3. The van der Waals surface area contributed by atoms with Crippen LogP contribution in [-0.4, -0.2) is 17.9 Å². The molecule has 1 saturated heterocycles. The Morgan fingerprint density at radius 1 is 1.33 bits per heavy atom. The van der Waals surface area contributed by atoms with Crippen LogP contribution in [-0.2, 0) is 14.3 Å². The van der Waals surface area contributed by atoms with Crippen molar-refractivity contribution < 1.29 is 14.3 Å². The molecule has 2 atom stereocenters. The molecule has 0 aromatic rings. The number of hydrogen-bond acceptors (Lipinski definition) is 3. The first-order chi connectivity index (χ1) is 8.49. The van der Waals surface area contributed by atoms with Crippen molar-refractivity contribution in [2.24, 2.45) is 5.92 Å². The number of fused-ring (bicyclic) bond motifs is 1. The van der Waals surface area contributed by atoms with Gasteiger partial charge in [-0.3, -0.25) is 4.79 Å². The molecule has 3 heteroatoms. The van der Waals surface area contributed by atoms with Crippen LogP contribution in [0.1, 0.15) is 33.1 Å². The van der Waals surface area contributed by atoms with Crippen molar-refractivity contribution in [2.75, 3.05) is 0 Å². The maximum absolute atomic E-state index is 11.9. The van der Waals surface area contributed by atoms with Crippen molar-refractivity contribution in [1.29, 1.82) is 0 Å². The Morgan fingerprint density at radius 2 is 2.06 bits per heavy atom. The van der Waals surface area contributed by atoms with Crippen LogP contribution in [0.5, 0.6) is 0 Å². The Bertz CT molecular complexity index is 468. The van der Waals surface area contributed by atoms with Gasteiger partial charge in [-0.25, -0.2) is 4.79 Å². The maximum Gasteiger partial charge on any atom is 0.334 e. The highest BCUT2D eigenvalue weighted by Crippen LogP contribution is 2.33. The van der Waals surface area contributed by atoms with E-state index < -0.39 is 0 Å². The Morgan fingerprint density at radius 3 is 2.78 bits per heavy atom. The quantitative estimate of drug-likeness (QED) is 0.375. The number of allylic oxidation sites excluding steroid dienone is 3. The van der Waals surface area contributed by atoms with Crippen molar-refractivity contribution >= 4 is 11.8 Å². The minimum absolute atomic E-state index is 0.00157. The van der Waals surface area contributed by atoms with Gasteiger partial charge in [-0.2, -0.15) is 0 Å². The largest absolute Gasteiger partial charge is 0.454 e. The fourth-order valence-corrected chi connectivity index (χ4v) is 2.37. The van der Waals surface area contributed by atoms with E-state index in [1.807, 2.05) is 13.0 Å². The zero-order valence-electron chi connectivity index (χ0n) is 10.9. The molecule has 1 aliphatic heterocycles. The van der Waals surface area contributed by atoms with Gasteiger partial charge in [0, 0.05) is 17.9 Å².